The van der Waals surface area contributed by atoms with Gasteiger partial charge in [0.05, 0.1) is 37.5 Å². The molecule has 31 heavy (non-hydrogen) atoms. The molecular weight excluding hydrogens is 413 g/mol. The van der Waals surface area contributed by atoms with E-state index in [9.17, 15) is 8.78 Å². The molecule has 12 heteroatoms. The molecule has 1 atom stereocenters. The van der Waals surface area contributed by atoms with E-state index in [1.54, 1.807) is 36.0 Å². The van der Waals surface area contributed by atoms with Crippen molar-refractivity contribution >= 4 is 23.4 Å². The molecule has 0 aliphatic carbocycles. The van der Waals surface area contributed by atoms with Gasteiger partial charge in [-0.3, -0.25) is 4.98 Å². The lowest BCUT2D eigenvalue weighted by Crippen LogP contribution is -2.37. The molecule has 1 saturated heterocycles. The molecule has 9 nitrogen and oxygen atoms in total. The van der Waals surface area contributed by atoms with Crippen LogP contribution in [-0.2, 0) is 11.8 Å². The predicted octanol–water partition coefficient (Wildman–Crippen LogP) is 2.78. The van der Waals surface area contributed by atoms with Crippen molar-refractivity contribution in [2.75, 3.05) is 41.8 Å². The highest BCUT2D eigenvalue weighted by atomic mass is 19.1. The molecule has 0 bridgehead atoms. The van der Waals surface area contributed by atoms with Crippen molar-refractivity contribution in [1.29, 1.82) is 0 Å². The smallest absolute Gasteiger partial charge is 0.227 e. The third-order valence-electron chi connectivity index (χ3n) is 4.69. The van der Waals surface area contributed by atoms with Crippen molar-refractivity contribution in [3.8, 4) is 0 Å². The maximum Gasteiger partial charge on any atom is 0.227 e. The van der Waals surface area contributed by atoms with E-state index < -0.39 is 23.5 Å². The van der Waals surface area contributed by atoms with Gasteiger partial charge in [0, 0.05) is 32.4 Å². The Kier molecular flexibility index (Phi) is 5.89. The molecule has 2 N–H and O–H groups in total. The van der Waals surface area contributed by atoms with E-state index in [1.165, 1.54) is 0 Å². The van der Waals surface area contributed by atoms with Gasteiger partial charge in [-0.2, -0.15) is 14.4 Å². The molecule has 164 valence electrons. The van der Waals surface area contributed by atoms with Gasteiger partial charge in [0.1, 0.15) is 17.5 Å². The van der Waals surface area contributed by atoms with Gasteiger partial charge in [-0.25, -0.2) is 13.8 Å². The number of halogens is 3. The number of anilines is 4. The summed E-state index contributed by atoms with van der Waals surface area (Å²) in [6, 6.07) is 0.0468. The summed E-state index contributed by atoms with van der Waals surface area (Å²) >= 11 is 0. The summed E-state index contributed by atoms with van der Waals surface area (Å²) in [6.45, 7) is 3.42. The monoisotopic (exact) mass is 434 g/mol. The standard InChI is InChI=1S/C19H21F3N8O/c1-11(16-13(21)7-12(20)8-23-16)25-19-27-17(26-14-9-29(2)10-24-14)15(22)18(28-19)30-3-5-31-6-4-30/h7-11H,3-6H2,1-2H3,(H2,25,26,27,28)/t11-/m0/s1. The number of aromatic nitrogens is 5. The Morgan fingerprint density at radius 2 is 1.90 bits per heavy atom. The zero-order valence-electron chi connectivity index (χ0n) is 16.9. The Balaban J connectivity index is 1.67. The first-order chi connectivity index (χ1) is 14.9. The highest BCUT2D eigenvalue weighted by Gasteiger charge is 2.23. The molecule has 0 aromatic carbocycles. The van der Waals surface area contributed by atoms with E-state index in [1.807, 2.05) is 0 Å². The summed E-state index contributed by atoms with van der Waals surface area (Å²) in [5.41, 5.74) is -0.0125. The van der Waals surface area contributed by atoms with E-state index >= 15 is 4.39 Å². The van der Waals surface area contributed by atoms with Crippen LogP contribution in [0.15, 0.2) is 24.8 Å². The predicted molar refractivity (Wildman–Crippen MR) is 108 cm³/mol. The first-order valence-electron chi connectivity index (χ1n) is 9.63. The lowest BCUT2D eigenvalue weighted by Gasteiger charge is -2.29. The van der Waals surface area contributed by atoms with Crippen LogP contribution in [0.1, 0.15) is 18.7 Å². The number of morpholine rings is 1. The Hall–Kier alpha value is -3.41. The topological polar surface area (TPSA) is 93.0 Å². The van der Waals surface area contributed by atoms with E-state index in [4.69, 9.17) is 4.74 Å². The molecule has 0 radical (unpaired) electrons. The maximum atomic E-state index is 15.3. The first-order valence-corrected chi connectivity index (χ1v) is 9.63. The molecule has 4 heterocycles. The van der Waals surface area contributed by atoms with Gasteiger partial charge in [0.25, 0.3) is 0 Å². The molecule has 1 aliphatic heterocycles. The van der Waals surface area contributed by atoms with Crippen molar-refractivity contribution in [3.63, 3.8) is 0 Å². The van der Waals surface area contributed by atoms with Gasteiger partial charge in [-0.15, -0.1) is 0 Å². The summed E-state index contributed by atoms with van der Waals surface area (Å²) in [4.78, 5) is 18.2. The third-order valence-corrected chi connectivity index (χ3v) is 4.69. The Morgan fingerprint density at radius 1 is 1.13 bits per heavy atom. The number of hydrogen-bond donors (Lipinski definition) is 2. The summed E-state index contributed by atoms with van der Waals surface area (Å²) in [5, 5.41) is 5.77. The fourth-order valence-corrected chi connectivity index (χ4v) is 3.17. The van der Waals surface area contributed by atoms with Gasteiger partial charge < -0.3 is 24.8 Å². The van der Waals surface area contributed by atoms with Crippen LogP contribution in [0.25, 0.3) is 0 Å². The highest BCUT2D eigenvalue weighted by molar-refractivity contribution is 5.61. The van der Waals surface area contributed by atoms with Gasteiger partial charge >= 0.3 is 0 Å². The second-order valence-electron chi connectivity index (χ2n) is 7.07. The molecular formula is C19H21F3N8O. The van der Waals surface area contributed by atoms with Crippen molar-refractivity contribution in [3.05, 3.63) is 47.9 Å². The van der Waals surface area contributed by atoms with E-state index in [0.29, 0.717) is 32.1 Å². The van der Waals surface area contributed by atoms with Crippen LogP contribution in [0.3, 0.4) is 0 Å². The number of nitrogens with one attached hydrogen (secondary N) is 2. The fraction of sp³-hybridized carbons (Fsp3) is 0.368. The van der Waals surface area contributed by atoms with Crippen molar-refractivity contribution in [1.82, 2.24) is 24.5 Å². The minimum atomic E-state index is -0.803. The normalized spacial score (nSPS) is 15.1. The molecule has 0 saturated carbocycles. The van der Waals surface area contributed by atoms with Crippen LogP contribution < -0.4 is 15.5 Å². The Morgan fingerprint density at radius 3 is 2.58 bits per heavy atom. The lowest BCUT2D eigenvalue weighted by atomic mass is 10.2. The highest BCUT2D eigenvalue weighted by Crippen LogP contribution is 2.28. The second kappa shape index (κ2) is 8.76. The van der Waals surface area contributed by atoms with Crippen molar-refractivity contribution in [2.24, 2.45) is 7.05 Å². The zero-order chi connectivity index (χ0) is 22.0. The average Bonchev–Trinajstić information content (AvgIpc) is 3.15. The van der Waals surface area contributed by atoms with Crippen LogP contribution >= 0.6 is 0 Å². The number of aryl methyl sites for hydroxylation is 1. The van der Waals surface area contributed by atoms with Crippen LogP contribution in [0.4, 0.5) is 36.6 Å². The summed E-state index contributed by atoms with van der Waals surface area (Å²) in [6.07, 6.45) is 4.16. The van der Waals surface area contributed by atoms with Crippen molar-refractivity contribution in [2.45, 2.75) is 13.0 Å². The molecule has 0 spiro atoms. The van der Waals surface area contributed by atoms with Gasteiger partial charge in [0.15, 0.2) is 11.6 Å². The molecule has 4 rings (SSSR count). The SMILES string of the molecule is C[C@H](Nc1nc(Nc2cn(C)cn2)c(F)c(N2CCOCC2)n1)c1ncc(F)cc1F. The van der Waals surface area contributed by atoms with Crippen molar-refractivity contribution < 1.29 is 17.9 Å². The third kappa shape index (κ3) is 4.68. The first kappa shape index (κ1) is 20.8. The molecule has 1 fully saturated rings. The maximum absolute atomic E-state index is 15.3. The molecule has 3 aromatic rings. The minimum Gasteiger partial charge on any atom is -0.378 e. The summed E-state index contributed by atoms with van der Waals surface area (Å²) < 4.78 is 49.6. The van der Waals surface area contributed by atoms with Crippen LogP contribution in [0, 0.1) is 17.5 Å². The van der Waals surface area contributed by atoms with Crippen LogP contribution in [0.5, 0.6) is 0 Å². The Labute approximate surface area is 176 Å². The quantitative estimate of drug-likeness (QED) is 0.612. The van der Waals surface area contributed by atoms with Gasteiger partial charge in [-0.1, -0.05) is 0 Å². The van der Waals surface area contributed by atoms with Crippen LogP contribution in [0.2, 0.25) is 0 Å². The minimum absolute atomic E-state index is 0.0125. The summed E-state index contributed by atoms with van der Waals surface area (Å²) in [7, 11) is 1.78. The second-order valence-corrected chi connectivity index (χ2v) is 7.07. The molecule has 0 amide bonds. The number of pyridine rings is 1. The lowest BCUT2D eigenvalue weighted by molar-refractivity contribution is 0.122. The molecule has 3 aromatic heterocycles. The van der Waals surface area contributed by atoms with E-state index in [2.05, 4.69) is 30.6 Å². The van der Waals surface area contributed by atoms with E-state index in [0.717, 1.165) is 12.3 Å². The van der Waals surface area contributed by atoms with Gasteiger partial charge in [-0.05, 0) is 6.92 Å². The largest absolute Gasteiger partial charge is 0.378 e. The molecule has 1 aliphatic rings. The average molecular weight is 434 g/mol. The van der Waals surface area contributed by atoms with E-state index in [-0.39, 0.29) is 23.3 Å². The van der Waals surface area contributed by atoms with Crippen LogP contribution in [-0.4, -0.2) is 50.8 Å². The van der Waals surface area contributed by atoms with Gasteiger partial charge in [0.2, 0.25) is 11.8 Å². The number of imidazole rings is 1. The number of hydrogen-bond acceptors (Lipinski definition) is 8. The molecule has 0 unspecified atom stereocenters. The summed E-state index contributed by atoms with van der Waals surface area (Å²) in [5.74, 6) is -1.77. The number of nitrogens with zero attached hydrogens (tertiary/aromatic N) is 6. The Bertz CT molecular complexity index is 1070. The fourth-order valence-electron chi connectivity index (χ4n) is 3.17. The zero-order valence-corrected chi connectivity index (χ0v) is 16.9. The number of rotatable bonds is 6. The number of ether oxygens (including phenoxy) is 1.